The van der Waals surface area contributed by atoms with E-state index >= 15 is 13.3 Å². The second-order valence-corrected chi connectivity index (χ2v) is 33.9. The molecule has 23 atom stereocenters. The van der Waals surface area contributed by atoms with Crippen molar-refractivity contribution in [3.63, 3.8) is 0 Å². The number of alkyl halides is 3. The number of benzene rings is 3. The number of ether oxygens (including phenoxy) is 6. The molecule has 0 saturated carbocycles. The minimum atomic E-state index is -5.01. The van der Waals surface area contributed by atoms with Crippen LogP contribution in [-0.2, 0) is 70.1 Å². The number of imidazole rings is 3. The van der Waals surface area contributed by atoms with E-state index in [1.165, 1.54) is 116 Å². The van der Waals surface area contributed by atoms with Crippen LogP contribution in [0.2, 0.25) is 0 Å². The fourth-order valence-corrected chi connectivity index (χ4v) is 18.4. The number of carbonyl (C=O) groups excluding carboxylic acids is 3. The first-order chi connectivity index (χ1) is 57.1. The zero-order valence-electron chi connectivity index (χ0n) is 65.7. The predicted molar refractivity (Wildman–Crippen MR) is 414 cm³/mol. The van der Waals surface area contributed by atoms with E-state index in [1.54, 1.807) is 44.2 Å². The van der Waals surface area contributed by atoms with Gasteiger partial charge in [-0.25, -0.2) is 41.8 Å². The summed E-state index contributed by atoms with van der Waals surface area (Å²) in [6, 6.07) is 17.7. The molecule has 6 unspecified atom stereocenters. The number of fused-ring (bicyclic) bond motifs is 3. The van der Waals surface area contributed by atoms with Crippen LogP contribution in [-0.4, -0.2) is 236 Å². The number of esters is 3. The third-order valence-corrected chi connectivity index (χ3v) is 24.6. The monoisotopic (exact) mass is 1760 g/mol. The Kier molecular flexibility index (Phi) is 26.8. The molecular formula is C70H88F3N18O27P3. The maximum atomic E-state index is 15.5. The van der Waals surface area contributed by atoms with E-state index in [0.29, 0.717) is 0 Å². The van der Waals surface area contributed by atoms with Crippen LogP contribution in [0.5, 0.6) is 17.2 Å². The van der Waals surface area contributed by atoms with Crippen molar-refractivity contribution in [3.05, 3.63) is 141 Å². The Bertz CT molecular complexity index is 5560. The Morgan fingerprint density at radius 3 is 1.04 bits per heavy atom. The van der Waals surface area contributed by atoms with Gasteiger partial charge in [0.2, 0.25) is 17.8 Å². The molecule has 45 nitrogen and oxygen atoms in total. The van der Waals surface area contributed by atoms with Crippen molar-refractivity contribution in [1.29, 1.82) is 0 Å². The highest BCUT2D eigenvalue weighted by atomic mass is 31.2. The highest BCUT2D eigenvalue weighted by Gasteiger charge is 2.63. The summed E-state index contributed by atoms with van der Waals surface area (Å²) in [4.78, 5) is 113. The fraction of sp³-hybridized carbons (Fsp3) is 0.486. The molecule has 16 N–H and O–H groups in total. The number of carbonyl (C=O) groups is 3. The number of nitrogens with two attached hydrogens (primary N) is 1. The smallest absolute Gasteiger partial charge is 0.459 e. The number of hydrogen-bond donors (Lipinski definition) is 15. The van der Waals surface area contributed by atoms with Gasteiger partial charge in [-0.2, -0.15) is 30.2 Å². The van der Waals surface area contributed by atoms with Crippen molar-refractivity contribution in [2.24, 2.45) is 0 Å². The molecule has 9 aromatic rings. The molecule has 3 fully saturated rings. The lowest BCUT2D eigenvalue weighted by Gasteiger charge is -2.30. The molecule has 121 heavy (non-hydrogen) atoms. The minimum absolute atomic E-state index is 0.0189. The topological polar surface area (TPSA) is 611 Å². The van der Waals surface area contributed by atoms with Gasteiger partial charge in [-0.1, -0.05) is 54.6 Å². The van der Waals surface area contributed by atoms with E-state index in [-0.39, 0.29) is 34.4 Å². The van der Waals surface area contributed by atoms with E-state index in [0.717, 1.165) is 32.7 Å². The minimum Gasteiger partial charge on any atom is -0.462 e. The molecule has 9 heterocycles. The molecule has 0 aliphatic carbocycles. The summed E-state index contributed by atoms with van der Waals surface area (Å²) in [6.07, 6.45) is -23.3. The summed E-state index contributed by atoms with van der Waals surface area (Å²) in [7, 11) is -14.6. The number of rotatable bonds is 37. The van der Waals surface area contributed by atoms with Crippen molar-refractivity contribution >= 4 is 92.5 Å². The number of aromatic amines is 3. The van der Waals surface area contributed by atoms with Gasteiger partial charge in [-0.15, -0.1) is 0 Å². The maximum Gasteiger partial charge on any atom is 0.459 e. The van der Waals surface area contributed by atoms with Crippen LogP contribution in [0.15, 0.2) is 124 Å². The molecule has 0 spiro atoms. The van der Waals surface area contributed by atoms with Gasteiger partial charge in [-0.3, -0.25) is 71.0 Å². The first-order valence-electron chi connectivity index (χ1n) is 37.2. The predicted octanol–water partition coefficient (Wildman–Crippen LogP) is 3.11. The number of halogens is 3. The van der Waals surface area contributed by atoms with Crippen LogP contribution in [0, 0.1) is 0 Å². The molecule has 0 amide bonds. The number of para-hydroxylation sites is 3. The number of anilines is 3. The maximum absolute atomic E-state index is 15.5. The lowest BCUT2D eigenvalue weighted by atomic mass is 9.93. The van der Waals surface area contributed by atoms with E-state index in [4.69, 9.17) is 61.3 Å². The normalized spacial score (nSPS) is 26.5. The molecule has 0 bridgehead atoms. The number of hydrogen-bond acceptors (Lipinski definition) is 36. The summed E-state index contributed by atoms with van der Waals surface area (Å²) in [5, 5.41) is 83.1. The van der Waals surface area contributed by atoms with Crippen LogP contribution in [0.3, 0.4) is 0 Å². The van der Waals surface area contributed by atoms with Crippen molar-refractivity contribution in [1.82, 2.24) is 73.8 Å². The van der Waals surface area contributed by atoms with E-state index < -0.39 is 239 Å². The number of nitrogen functional groups attached to an aromatic ring is 1. The zero-order valence-corrected chi connectivity index (χ0v) is 68.4. The Morgan fingerprint density at radius 2 is 0.752 bits per heavy atom. The van der Waals surface area contributed by atoms with Gasteiger partial charge in [0, 0.05) is 0 Å². The number of nitrogens with one attached hydrogen (secondary N) is 8. The molecular weight excluding hydrogens is 1670 g/mol. The van der Waals surface area contributed by atoms with Crippen LogP contribution in [0.4, 0.5) is 31.0 Å². The number of nitrogens with zero attached hydrogens (tertiary/aromatic N) is 9. The third kappa shape index (κ3) is 19.1. The summed E-state index contributed by atoms with van der Waals surface area (Å²) in [5.41, 5.74) is -7.76. The average molecular weight is 1760 g/mol. The van der Waals surface area contributed by atoms with E-state index in [9.17, 15) is 72.9 Å². The van der Waals surface area contributed by atoms with Gasteiger partial charge in [0.15, 0.2) is 81.4 Å². The molecule has 3 aromatic carbocycles. The van der Waals surface area contributed by atoms with Crippen LogP contribution in [0.25, 0.3) is 33.5 Å². The van der Waals surface area contributed by atoms with Crippen LogP contribution >= 0.6 is 23.2 Å². The molecule has 3 aliphatic rings. The summed E-state index contributed by atoms with van der Waals surface area (Å²) in [6.45, 7) is 7.95. The lowest BCUT2D eigenvalue weighted by molar-refractivity contribution is -0.149. The van der Waals surface area contributed by atoms with Gasteiger partial charge in [0.05, 0.1) is 43.4 Å². The van der Waals surface area contributed by atoms with E-state index in [2.05, 4.69) is 70.8 Å². The average Bonchev–Trinajstić information content (AvgIpc) is 1.59. The Hall–Kier alpha value is -10.2. The van der Waals surface area contributed by atoms with Gasteiger partial charge in [0.25, 0.3) is 16.7 Å². The first kappa shape index (κ1) is 90.0. The molecule has 3 saturated heterocycles. The molecule has 656 valence electrons. The van der Waals surface area contributed by atoms with Crippen molar-refractivity contribution in [2.75, 3.05) is 36.4 Å². The second-order valence-electron chi connectivity index (χ2n) is 28.9. The second kappa shape index (κ2) is 36.1. The Balaban J connectivity index is 0.699. The first-order valence-corrected chi connectivity index (χ1v) is 41.9. The largest absolute Gasteiger partial charge is 0.462 e. The number of aliphatic hydroxyl groups excluding tert-OH is 3. The SMILES string of the molecule is CC(C)OC(=O)[C@H](C)NP(=O)(Oc1ccccc1)O[C@@H](C)[C@H]1O[C@@H](n2cnc3c(=O)[nH]c(NC(C)OC(=O)[C@H](C)N[P@@](=O)(Oc4ccccc4)O[C@@H](C)[C@H]4O[C@@H](n5cnc6c(=O)[nH]c(NC(C)OC(=O)[C@H](C)N[P@](=O)(Oc7ccccc7)O[C@@H](C)[C@H]7O[C@@H](n8cnc9c(=O)[nH]c(N)nc98)[C@@](O)(CF)C7O)nc65)[C@@](O)(CF)C4O)nc32)[C@@](O)(CF)C1O. The zero-order chi connectivity index (χ0) is 87.8. The van der Waals surface area contributed by atoms with Gasteiger partial charge >= 0.3 is 41.1 Å². The standard InChI is InChI=1S/C70H88F3N18O27P3/c1-32(2)107-59(98)33(3)86-119(104,116-41-20-14-11-15-21-41)113-37(7)48-51(93)69(102,27-72)63(111-48)90-30-76-45-54(90)81-66(84-57(45)96)79-40(10)109-61(100)35(5)88-121(106,118-43-24-18-13-19-25-43)115-38(8)49-52(94)70(103,28-73)64(112-49)91-31-77-46-55(91)82-67(85-58(46)97)78-39(9)108-60(99)34(4)87-120(105,117-42-22-16-12-17-23-42)114-36(6)47-50(92)68(101,26-71)62(110-47)89-29-75-44-53(89)80-65(74)83-56(44)95/h11-25,29-40,47-52,62-64,92-94,101-103H,26-28H2,1-10H3,(H,86,104)(H,87,105)(H,88,106)(H3,74,80,83,95)(H2,78,82,85,97)(H2,79,81,84,96)/t33-,34-,35-,36-,37-,38-,39?,40?,47+,48+,49+,50?,51?,52?,62+,63+,64+,68+,69+,70+,119?,120+,121-/m0/s1. The molecule has 3 aliphatic heterocycles. The highest BCUT2D eigenvalue weighted by Crippen LogP contribution is 2.54. The third-order valence-electron chi connectivity index (χ3n) is 19.3. The van der Waals surface area contributed by atoms with Crippen molar-refractivity contribution in [3.8, 4) is 17.2 Å². The van der Waals surface area contributed by atoms with Crippen LogP contribution < -0.4 is 61.9 Å². The number of H-pyrrole nitrogens is 3. The molecule has 0 radical (unpaired) electrons. The fourth-order valence-electron chi connectivity index (χ4n) is 13.4. The Labute approximate surface area is 682 Å². The molecule has 51 heteroatoms. The summed E-state index contributed by atoms with van der Waals surface area (Å²) < 4.78 is 163. The Morgan fingerprint density at radius 1 is 0.471 bits per heavy atom. The van der Waals surface area contributed by atoms with E-state index in [1.807, 2.05) is 0 Å². The van der Waals surface area contributed by atoms with Crippen LogP contribution in [0.1, 0.15) is 87.9 Å². The lowest BCUT2D eigenvalue weighted by Crippen LogP contribution is -2.50. The van der Waals surface area contributed by atoms with Crippen molar-refractivity contribution in [2.45, 2.75) is 196 Å². The molecule has 12 rings (SSSR count). The quantitative estimate of drug-likeness (QED) is 0.0115. The highest BCUT2D eigenvalue weighted by molar-refractivity contribution is 7.52. The molecule has 6 aromatic heterocycles. The van der Waals surface area contributed by atoms with Gasteiger partial charge < -0.3 is 89.0 Å². The summed E-state index contributed by atoms with van der Waals surface area (Å²) in [5.74, 6) is -4.63. The number of aromatic nitrogens is 12. The van der Waals surface area contributed by atoms with Gasteiger partial charge in [0.1, 0.15) is 92.0 Å². The summed E-state index contributed by atoms with van der Waals surface area (Å²) >= 11 is 0. The van der Waals surface area contributed by atoms with Crippen molar-refractivity contribution < 1.29 is 127 Å². The van der Waals surface area contributed by atoms with Gasteiger partial charge in [-0.05, 0) is 106 Å². The number of aliphatic hydroxyl groups is 6.